The molecule has 0 aromatic carbocycles. The molecular formula is C16H19F3O4S. The molecule has 4 nitrogen and oxygen atoms in total. The highest BCUT2D eigenvalue weighted by molar-refractivity contribution is 7.87. The molecule has 0 amide bonds. The summed E-state index contributed by atoms with van der Waals surface area (Å²) in [6, 6.07) is 0. The Labute approximate surface area is 138 Å². The highest BCUT2D eigenvalue weighted by Gasteiger charge is 2.57. The first-order valence-corrected chi connectivity index (χ1v) is 9.59. The average molecular weight is 364 g/mol. The van der Waals surface area contributed by atoms with Gasteiger partial charge in [-0.2, -0.15) is 21.6 Å². The Morgan fingerprint density at radius 1 is 1.33 bits per heavy atom. The monoisotopic (exact) mass is 364 g/mol. The summed E-state index contributed by atoms with van der Waals surface area (Å²) < 4.78 is 71.7. The van der Waals surface area contributed by atoms with Crippen molar-refractivity contribution in [3.05, 3.63) is 23.5 Å². The maximum absolute atomic E-state index is 12.7. The van der Waals surface area contributed by atoms with Crippen molar-refractivity contribution in [3.8, 4) is 0 Å². The first-order valence-electron chi connectivity index (χ1n) is 8.18. The molecule has 2 bridgehead atoms. The van der Waals surface area contributed by atoms with Crippen LogP contribution in [0, 0.1) is 11.3 Å². The third-order valence-electron chi connectivity index (χ3n) is 6.04. The lowest BCUT2D eigenvalue weighted by Crippen LogP contribution is -2.32. The molecule has 8 heteroatoms. The van der Waals surface area contributed by atoms with E-state index in [0.717, 1.165) is 25.7 Å². The summed E-state index contributed by atoms with van der Waals surface area (Å²) >= 11 is 0. The van der Waals surface area contributed by atoms with Gasteiger partial charge in [0.1, 0.15) is 11.9 Å². The fourth-order valence-electron chi connectivity index (χ4n) is 4.96. The standard InChI is InChI=1S/C16H19F3O4S/c1-14-7-4-12(23-24(20,21)16(17,18)19)13(14)11-5-8-15(22-11)6-2-3-10(15)9-14/h5,8,10-11H,2-4,6-7,9H2,1H3/t10-,11?,14+,15-/m0/s1. The van der Waals surface area contributed by atoms with Crippen molar-refractivity contribution in [3.63, 3.8) is 0 Å². The molecule has 4 atom stereocenters. The molecule has 2 aliphatic heterocycles. The Bertz CT molecular complexity index is 739. The topological polar surface area (TPSA) is 52.6 Å². The van der Waals surface area contributed by atoms with E-state index in [-0.39, 0.29) is 23.2 Å². The van der Waals surface area contributed by atoms with Gasteiger partial charge in [0.2, 0.25) is 0 Å². The summed E-state index contributed by atoms with van der Waals surface area (Å²) in [4.78, 5) is 0. The molecule has 0 aromatic rings. The van der Waals surface area contributed by atoms with Crippen molar-refractivity contribution in [2.45, 2.75) is 62.7 Å². The third-order valence-corrected chi connectivity index (χ3v) is 7.03. The zero-order valence-electron chi connectivity index (χ0n) is 13.2. The molecule has 4 rings (SSSR count). The smallest absolute Gasteiger partial charge is 0.380 e. The van der Waals surface area contributed by atoms with Gasteiger partial charge in [-0.25, -0.2) is 0 Å². The molecule has 2 aliphatic carbocycles. The maximum Gasteiger partial charge on any atom is 0.534 e. The van der Waals surface area contributed by atoms with Gasteiger partial charge < -0.3 is 8.92 Å². The van der Waals surface area contributed by atoms with E-state index in [9.17, 15) is 21.6 Å². The predicted molar refractivity (Wildman–Crippen MR) is 79.1 cm³/mol. The van der Waals surface area contributed by atoms with Gasteiger partial charge in [0.05, 0.1) is 5.60 Å². The average Bonchev–Trinajstić information content (AvgIpc) is 3.09. The molecule has 0 radical (unpaired) electrons. The van der Waals surface area contributed by atoms with Gasteiger partial charge in [0.15, 0.2) is 0 Å². The number of hydrogen-bond acceptors (Lipinski definition) is 4. The molecule has 2 fully saturated rings. The van der Waals surface area contributed by atoms with Crippen LogP contribution in [0.1, 0.15) is 45.4 Å². The van der Waals surface area contributed by atoms with Gasteiger partial charge in [-0.15, -0.1) is 0 Å². The van der Waals surface area contributed by atoms with Gasteiger partial charge in [-0.05, 0) is 43.4 Å². The van der Waals surface area contributed by atoms with Gasteiger partial charge in [-0.3, -0.25) is 0 Å². The van der Waals surface area contributed by atoms with Crippen molar-refractivity contribution in [2.24, 2.45) is 11.3 Å². The number of hydrogen-bond donors (Lipinski definition) is 0. The van der Waals surface area contributed by atoms with Crippen molar-refractivity contribution in [1.82, 2.24) is 0 Å². The summed E-state index contributed by atoms with van der Waals surface area (Å²) in [6.07, 6.45) is 7.97. The molecule has 1 saturated carbocycles. The van der Waals surface area contributed by atoms with Gasteiger partial charge in [-0.1, -0.05) is 19.1 Å². The minimum atomic E-state index is -5.65. The number of fused-ring (bicyclic) bond motifs is 3. The van der Waals surface area contributed by atoms with Crippen LogP contribution in [-0.2, 0) is 19.0 Å². The van der Waals surface area contributed by atoms with Gasteiger partial charge in [0, 0.05) is 12.0 Å². The summed E-state index contributed by atoms with van der Waals surface area (Å²) in [5.41, 5.74) is -5.55. The number of alkyl halides is 3. The summed E-state index contributed by atoms with van der Waals surface area (Å²) in [7, 11) is -5.65. The van der Waals surface area contributed by atoms with Crippen LogP contribution < -0.4 is 0 Å². The molecule has 0 aromatic heterocycles. The molecule has 134 valence electrons. The fourth-order valence-corrected chi connectivity index (χ4v) is 5.49. The number of rotatable bonds is 2. The minimum absolute atomic E-state index is 0.0819. The first kappa shape index (κ1) is 16.4. The van der Waals surface area contributed by atoms with E-state index in [1.54, 1.807) is 0 Å². The molecule has 4 aliphatic rings. The predicted octanol–water partition coefficient (Wildman–Crippen LogP) is 3.80. The van der Waals surface area contributed by atoms with Crippen molar-refractivity contribution in [1.29, 1.82) is 0 Å². The van der Waals surface area contributed by atoms with Crippen LogP contribution in [0.25, 0.3) is 0 Å². The molecule has 2 heterocycles. The lowest BCUT2D eigenvalue weighted by atomic mass is 9.71. The molecular weight excluding hydrogens is 345 g/mol. The Morgan fingerprint density at radius 3 is 2.79 bits per heavy atom. The maximum atomic E-state index is 12.7. The molecule has 24 heavy (non-hydrogen) atoms. The lowest BCUT2D eigenvalue weighted by Gasteiger charge is -2.32. The number of ether oxygens (including phenoxy) is 1. The van der Waals surface area contributed by atoms with Crippen LogP contribution in [0.3, 0.4) is 0 Å². The van der Waals surface area contributed by atoms with Crippen molar-refractivity contribution in [2.75, 3.05) is 0 Å². The van der Waals surface area contributed by atoms with Crippen LogP contribution >= 0.6 is 0 Å². The Balaban J connectivity index is 1.75. The highest BCUT2D eigenvalue weighted by Crippen LogP contribution is 2.60. The SMILES string of the molecule is C[C@]12CCC(OS(=O)(=O)C(F)(F)F)=C1C1C=C[C@]3(CCC[C@H]3C2)O1. The fraction of sp³-hybridized carbons (Fsp3) is 0.750. The number of allylic oxidation sites excluding steroid dienone is 1. The highest BCUT2D eigenvalue weighted by atomic mass is 32.2. The van der Waals surface area contributed by atoms with Crippen molar-refractivity contribution >= 4 is 10.1 Å². The van der Waals surface area contributed by atoms with E-state index in [0.29, 0.717) is 17.9 Å². The van der Waals surface area contributed by atoms with E-state index in [4.69, 9.17) is 4.74 Å². The Kier molecular flexibility index (Phi) is 3.28. The van der Waals surface area contributed by atoms with E-state index >= 15 is 0 Å². The second-order valence-corrected chi connectivity index (χ2v) is 9.06. The van der Waals surface area contributed by atoms with Crippen LogP contribution in [0.5, 0.6) is 0 Å². The second-order valence-electron chi connectivity index (χ2n) is 7.53. The molecule has 1 unspecified atom stereocenters. The van der Waals surface area contributed by atoms with E-state index in [2.05, 4.69) is 4.18 Å². The van der Waals surface area contributed by atoms with E-state index < -0.39 is 21.7 Å². The normalized spacial score (nSPS) is 41.3. The van der Waals surface area contributed by atoms with Crippen LogP contribution in [0.4, 0.5) is 13.2 Å². The Morgan fingerprint density at radius 2 is 2.08 bits per heavy atom. The second kappa shape index (κ2) is 4.78. The van der Waals surface area contributed by atoms with Crippen LogP contribution in [0.15, 0.2) is 23.5 Å². The van der Waals surface area contributed by atoms with Crippen LogP contribution in [-0.4, -0.2) is 25.6 Å². The first-order chi connectivity index (χ1) is 11.1. The summed E-state index contributed by atoms with van der Waals surface area (Å²) in [5.74, 6) is 0.237. The minimum Gasteiger partial charge on any atom is -0.380 e. The molecule has 1 spiro atoms. The summed E-state index contributed by atoms with van der Waals surface area (Å²) in [6.45, 7) is 1.99. The molecule has 1 saturated heterocycles. The summed E-state index contributed by atoms with van der Waals surface area (Å²) in [5, 5.41) is 0. The zero-order valence-corrected chi connectivity index (χ0v) is 14.0. The lowest BCUT2D eigenvalue weighted by molar-refractivity contribution is -0.0527. The van der Waals surface area contributed by atoms with Gasteiger partial charge >= 0.3 is 15.6 Å². The Hall–Kier alpha value is -1.02. The van der Waals surface area contributed by atoms with Crippen LogP contribution in [0.2, 0.25) is 0 Å². The van der Waals surface area contributed by atoms with E-state index in [1.165, 1.54) is 0 Å². The quantitative estimate of drug-likeness (QED) is 0.425. The van der Waals surface area contributed by atoms with Crippen molar-refractivity contribution < 1.29 is 30.5 Å². The van der Waals surface area contributed by atoms with E-state index in [1.807, 2.05) is 19.1 Å². The molecule has 0 N–H and O–H groups in total. The third kappa shape index (κ3) is 2.18. The zero-order chi connectivity index (χ0) is 17.4. The van der Waals surface area contributed by atoms with Gasteiger partial charge in [0.25, 0.3) is 0 Å². The largest absolute Gasteiger partial charge is 0.534 e. The number of halogens is 3.